The van der Waals surface area contributed by atoms with Crippen molar-refractivity contribution in [2.75, 3.05) is 31.1 Å². The van der Waals surface area contributed by atoms with Crippen molar-refractivity contribution in [3.8, 4) is 0 Å². The molecule has 4 heteroatoms. The minimum atomic E-state index is 0.174. The lowest BCUT2D eigenvalue weighted by atomic mass is 9.88. The molecule has 2 fully saturated rings. The lowest BCUT2D eigenvalue weighted by Crippen LogP contribution is -2.40. The van der Waals surface area contributed by atoms with Crippen LogP contribution in [-0.4, -0.2) is 42.0 Å². The van der Waals surface area contributed by atoms with Crippen LogP contribution in [0.3, 0.4) is 0 Å². The molecule has 4 rings (SSSR count). The molecule has 1 aromatic heterocycles. The fraction of sp³-hybridized carbons (Fsp3) is 0.368. The van der Waals surface area contributed by atoms with E-state index in [0.717, 1.165) is 38.2 Å². The fourth-order valence-electron chi connectivity index (χ4n) is 3.87. The monoisotopic (exact) mass is 307 g/mol. The molecule has 0 N–H and O–H groups in total. The van der Waals surface area contributed by atoms with Gasteiger partial charge >= 0.3 is 0 Å². The highest BCUT2D eigenvalue weighted by Crippen LogP contribution is 2.33. The third-order valence-electron chi connectivity index (χ3n) is 5.12. The van der Waals surface area contributed by atoms with E-state index in [-0.39, 0.29) is 5.91 Å². The van der Waals surface area contributed by atoms with Gasteiger partial charge in [-0.1, -0.05) is 18.2 Å². The molecule has 1 amide bonds. The van der Waals surface area contributed by atoms with Crippen molar-refractivity contribution in [1.29, 1.82) is 0 Å². The SMILES string of the molecule is O=C(c1ccccc1)N1C[C@@H]2CCN(c3cccnc3)C[C@@H]2C1. The molecule has 23 heavy (non-hydrogen) atoms. The van der Waals surface area contributed by atoms with E-state index in [2.05, 4.69) is 16.0 Å². The predicted octanol–water partition coefficient (Wildman–Crippen LogP) is 2.68. The van der Waals surface area contributed by atoms with Crippen LogP contribution in [0.25, 0.3) is 0 Å². The summed E-state index contributed by atoms with van der Waals surface area (Å²) >= 11 is 0. The van der Waals surface area contributed by atoms with Crippen LogP contribution >= 0.6 is 0 Å². The smallest absolute Gasteiger partial charge is 0.253 e. The summed E-state index contributed by atoms with van der Waals surface area (Å²) in [6.45, 7) is 3.85. The zero-order valence-corrected chi connectivity index (χ0v) is 13.1. The lowest BCUT2D eigenvalue weighted by molar-refractivity contribution is 0.0784. The largest absolute Gasteiger partial charge is 0.370 e. The van der Waals surface area contributed by atoms with E-state index in [4.69, 9.17) is 0 Å². The number of amides is 1. The average molecular weight is 307 g/mol. The van der Waals surface area contributed by atoms with Crippen molar-refractivity contribution in [1.82, 2.24) is 9.88 Å². The number of aromatic nitrogens is 1. The molecule has 2 aromatic rings. The Labute approximate surface area is 136 Å². The van der Waals surface area contributed by atoms with E-state index >= 15 is 0 Å². The first kappa shape index (κ1) is 14.2. The average Bonchev–Trinajstić information content (AvgIpc) is 3.06. The van der Waals surface area contributed by atoms with Crippen molar-refractivity contribution in [3.63, 3.8) is 0 Å². The van der Waals surface area contributed by atoms with E-state index in [9.17, 15) is 4.79 Å². The molecule has 2 atom stereocenters. The second-order valence-electron chi connectivity index (χ2n) is 6.54. The van der Waals surface area contributed by atoms with Crippen molar-refractivity contribution >= 4 is 11.6 Å². The van der Waals surface area contributed by atoms with Crippen LogP contribution in [0.4, 0.5) is 5.69 Å². The number of pyridine rings is 1. The van der Waals surface area contributed by atoms with E-state index in [0.29, 0.717) is 11.8 Å². The Balaban J connectivity index is 1.45. The maximum Gasteiger partial charge on any atom is 0.253 e. The Morgan fingerprint density at radius 2 is 1.83 bits per heavy atom. The van der Waals surface area contributed by atoms with Gasteiger partial charge < -0.3 is 9.80 Å². The minimum absolute atomic E-state index is 0.174. The van der Waals surface area contributed by atoms with E-state index in [1.807, 2.05) is 53.7 Å². The van der Waals surface area contributed by atoms with Gasteiger partial charge in [0.05, 0.1) is 11.9 Å². The van der Waals surface area contributed by atoms with E-state index < -0.39 is 0 Å². The lowest BCUT2D eigenvalue weighted by Gasteiger charge is -2.35. The normalized spacial score (nSPS) is 23.7. The maximum absolute atomic E-state index is 12.6. The number of rotatable bonds is 2. The Hall–Kier alpha value is -2.36. The molecule has 2 saturated heterocycles. The summed E-state index contributed by atoms with van der Waals surface area (Å²) in [5.74, 6) is 1.38. The second kappa shape index (κ2) is 6.03. The second-order valence-corrected chi connectivity index (χ2v) is 6.54. The molecular weight excluding hydrogens is 286 g/mol. The van der Waals surface area contributed by atoms with Gasteiger partial charge in [-0.25, -0.2) is 0 Å². The van der Waals surface area contributed by atoms with Gasteiger partial charge in [-0.05, 0) is 42.5 Å². The third kappa shape index (κ3) is 2.81. The van der Waals surface area contributed by atoms with Crippen LogP contribution in [0.5, 0.6) is 0 Å². The quantitative estimate of drug-likeness (QED) is 0.856. The fourth-order valence-corrected chi connectivity index (χ4v) is 3.87. The van der Waals surface area contributed by atoms with E-state index in [1.54, 1.807) is 0 Å². The molecule has 3 heterocycles. The number of carbonyl (C=O) groups is 1. The first-order valence-corrected chi connectivity index (χ1v) is 8.30. The summed E-state index contributed by atoms with van der Waals surface area (Å²) in [6.07, 6.45) is 4.90. The molecule has 0 radical (unpaired) electrons. The number of piperidine rings is 1. The third-order valence-corrected chi connectivity index (χ3v) is 5.12. The maximum atomic E-state index is 12.6. The number of hydrogen-bond donors (Lipinski definition) is 0. The topological polar surface area (TPSA) is 36.4 Å². The van der Waals surface area contributed by atoms with Crippen molar-refractivity contribution in [2.24, 2.45) is 11.8 Å². The standard InChI is InChI=1S/C19H21N3O/c23-19(15-5-2-1-3-6-15)22-12-16-8-10-21(13-17(16)14-22)18-7-4-9-20-11-18/h1-7,9,11,16-17H,8,10,12-14H2/t16-,17+/m0/s1. The van der Waals surface area contributed by atoms with E-state index in [1.165, 1.54) is 5.69 Å². The molecule has 0 unspecified atom stereocenters. The van der Waals surface area contributed by atoms with Gasteiger partial charge in [-0.15, -0.1) is 0 Å². The van der Waals surface area contributed by atoms with Crippen LogP contribution in [0.1, 0.15) is 16.8 Å². The summed E-state index contributed by atoms with van der Waals surface area (Å²) in [4.78, 5) is 21.3. The Bertz CT molecular complexity index is 674. The van der Waals surface area contributed by atoms with Crippen LogP contribution in [0.15, 0.2) is 54.9 Å². The molecule has 2 aliphatic heterocycles. The Kier molecular flexibility index (Phi) is 3.74. The first-order valence-electron chi connectivity index (χ1n) is 8.30. The van der Waals surface area contributed by atoms with Gasteiger partial charge in [0.25, 0.3) is 5.91 Å². The highest BCUT2D eigenvalue weighted by Gasteiger charge is 2.39. The van der Waals surface area contributed by atoms with Gasteiger partial charge in [0.1, 0.15) is 0 Å². The molecule has 1 aromatic carbocycles. The molecule has 2 aliphatic rings. The minimum Gasteiger partial charge on any atom is -0.370 e. The molecule has 0 aliphatic carbocycles. The Morgan fingerprint density at radius 3 is 2.61 bits per heavy atom. The van der Waals surface area contributed by atoms with Crippen molar-refractivity contribution in [3.05, 3.63) is 60.4 Å². The summed E-state index contributed by atoms with van der Waals surface area (Å²) in [7, 11) is 0. The highest BCUT2D eigenvalue weighted by atomic mass is 16.2. The zero-order valence-electron chi connectivity index (χ0n) is 13.1. The first-order chi connectivity index (χ1) is 11.3. The summed E-state index contributed by atoms with van der Waals surface area (Å²) < 4.78 is 0. The predicted molar refractivity (Wildman–Crippen MR) is 90.4 cm³/mol. The number of anilines is 1. The van der Waals surface area contributed by atoms with Crippen LogP contribution in [0, 0.1) is 11.8 Å². The van der Waals surface area contributed by atoms with Gasteiger partial charge in [-0.2, -0.15) is 0 Å². The number of nitrogens with zero attached hydrogens (tertiary/aromatic N) is 3. The summed E-state index contributed by atoms with van der Waals surface area (Å²) in [5.41, 5.74) is 1.99. The number of likely N-dealkylation sites (tertiary alicyclic amines) is 1. The molecule has 0 spiro atoms. The van der Waals surface area contributed by atoms with Crippen molar-refractivity contribution in [2.45, 2.75) is 6.42 Å². The van der Waals surface area contributed by atoms with Gasteiger partial charge in [0.2, 0.25) is 0 Å². The van der Waals surface area contributed by atoms with Crippen LogP contribution in [-0.2, 0) is 0 Å². The van der Waals surface area contributed by atoms with Crippen LogP contribution in [0.2, 0.25) is 0 Å². The molecule has 0 bridgehead atoms. The summed E-state index contributed by atoms with van der Waals surface area (Å²) in [5, 5.41) is 0. The number of fused-ring (bicyclic) bond motifs is 1. The summed E-state index contributed by atoms with van der Waals surface area (Å²) in [6, 6.07) is 13.7. The zero-order chi connectivity index (χ0) is 15.6. The Morgan fingerprint density at radius 1 is 1.00 bits per heavy atom. The van der Waals surface area contributed by atoms with Crippen LogP contribution < -0.4 is 4.90 Å². The molecular formula is C19H21N3O. The molecule has 118 valence electrons. The van der Waals surface area contributed by atoms with Gasteiger partial charge in [0.15, 0.2) is 0 Å². The highest BCUT2D eigenvalue weighted by molar-refractivity contribution is 5.94. The molecule has 0 saturated carbocycles. The van der Waals surface area contributed by atoms with Gasteiger partial charge in [0, 0.05) is 37.9 Å². The molecule has 4 nitrogen and oxygen atoms in total. The van der Waals surface area contributed by atoms with Gasteiger partial charge in [-0.3, -0.25) is 9.78 Å². The number of benzene rings is 1. The van der Waals surface area contributed by atoms with Crippen molar-refractivity contribution < 1.29 is 4.79 Å². The number of hydrogen-bond acceptors (Lipinski definition) is 3. The number of carbonyl (C=O) groups excluding carboxylic acids is 1.